The molecule has 2 N–H and O–H groups in total. The summed E-state index contributed by atoms with van der Waals surface area (Å²) in [5.41, 5.74) is 7.48. The molecule has 1 heterocycles. The Morgan fingerprint density at radius 1 is 1.24 bits per heavy atom. The molecule has 3 nitrogen and oxygen atoms in total. The number of rotatable bonds is 3. The van der Waals surface area contributed by atoms with Gasteiger partial charge in [-0.15, -0.1) is 0 Å². The molecule has 1 saturated carbocycles. The van der Waals surface area contributed by atoms with Crippen LogP contribution in [-0.2, 0) is 0 Å². The highest BCUT2D eigenvalue weighted by Gasteiger charge is 2.21. The van der Waals surface area contributed by atoms with E-state index in [2.05, 4.69) is 23.4 Å². The quantitative estimate of drug-likeness (QED) is 0.816. The minimum atomic E-state index is 0.112. The number of imidazole rings is 1. The van der Waals surface area contributed by atoms with Gasteiger partial charge in [0.1, 0.15) is 0 Å². The SMILES string of the molecule is CC(C)C(N)c1cncn1C1CCCCCC1. The Kier molecular flexibility index (Phi) is 4.21. The summed E-state index contributed by atoms with van der Waals surface area (Å²) in [5.74, 6) is 0.469. The van der Waals surface area contributed by atoms with Crippen LogP contribution in [0, 0.1) is 5.92 Å². The lowest BCUT2D eigenvalue weighted by Crippen LogP contribution is -2.22. The van der Waals surface area contributed by atoms with E-state index in [1.807, 2.05) is 12.5 Å². The molecule has 17 heavy (non-hydrogen) atoms. The topological polar surface area (TPSA) is 43.8 Å². The molecule has 0 radical (unpaired) electrons. The van der Waals surface area contributed by atoms with Crippen LogP contribution in [-0.4, -0.2) is 9.55 Å². The van der Waals surface area contributed by atoms with Gasteiger partial charge in [-0.1, -0.05) is 39.5 Å². The zero-order valence-electron chi connectivity index (χ0n) is 11.1. The molecule has 1 aliphatic rings. The second kappa shape index (κ2) is 5.67. The first kappa shape index (κ1) is 12.6. The normalized spacial score (nSPS) is 20.5. The van der Waals surface area contributed by atoms with Gasteiger partial charge in [-0.2, -0.15) is 0 Å². The standard InChI is InChI=1S/C14H25N3/c1-11(2)14(15)13-9-16-10-17(13)12-7-5-3-4-6-8-12/h9-12,14H,3-8,15H2,1-2H3. The highest BCUT2D eigenvalue weighted by Crippen LogP contribution is 2.30. The summed E-state index contributed by atoms with van der Waals surface area (Å²) in [6.07, 6.45) is 12.0. The molecule has 0 saturated heterocycles. The molecule has 1 aromatic rings. The lowest BCUT2D eigenvalue weighted by molar-refractivity contribution is 0.400. The fraction of sp³-hybridized carbons (Fsp3) is 0.786. The first-order valence-electron chi connectivity index (χ1n) is 6.97. The molecule has 1 aliphatic carbocycles. The van der Waals surface area contributed by atoms with Crippen molar-refractivity contribution in [3.63, 3.8) is 0 Å². The zero-order valence-corrected chi connectivity index (χ0v) is 11.1. The van der Waals surface area contributed by atoms with Crippen LogP contribution in [0.4, 0.5) is 0 Å². The molecule has 1 aromatic heterocycles. The predicted octanol–water partition coefficient (Wildman–Crippen LogP) is 3.43. The molecule has 0 aliphatic heterocycles. The van der Waals surface area contributed by atoms with Gasteiger partial charge in [0.2, 0.25) is 0 Å². The second-order valence-corrected chi connectivity index (χ2v) is 5.64. The van der Waals surface area contributed by atoms with Crippen molar-refractivity contribution in [2.75, 3.05) is 0 Å². The highest BCUT2D eigenvalue weighted by atomic mass is 15.1. The molecule has 96 valence electrons. The molecule has 1 fully saturated rings. The fourth-order valence-electron chi connectivity index (χ4n) is 2.76. The molecule has 0 bridgehead atoms. The Balaban J connectivity index is 2.17. The average Bonchev–Trinajstić information content (AvgIpc) is 2.63. The van der Waals surface area contributed by atoms with Gasteiger partial charge in [-0.25, -0.2) is 4.98 Å². The van der Waals surface area contributed by atoms with Gasteiger partial charge < -0.3 is 10.3 Å². The van der Waals surface area contributed by atoms with Crippen molar-refractivity contribution in [1.29, 1.82) is 0 Å². The zero-order chi connectivity index (χ0) is 12.3. The summed E-state index contributed by atoms with van der Waals surface area (Å²) in [7, 11) is 0. The van der Waals surface area contributed by atoms with Crippen LogP contribution in [0.15, 0.2) is 12.5 Å². The van der Waals surface area contributed by atoms with E-state index in [-0.39, 0.29) is 6.04 Å². The van der Waals surface area contributed by atoms with Crippen LogP contribution < -0.4 is 5.73 Å². The molecule has 1 unspecified atom stereocenters. The monoisotopic (exact) mass is 235 g/mol. The maximum atomic E-state index is 6.27. The fourth-order valence-corrected chi connectivity index (χ4v) is 2.76. The molecule has 0 spiro atoms. The van der Waals surface area contributed by atoms with E-state index < -0.39 is 0 Å². The second-order valence-electron chi connectivity index (χ2n) is 5.64. The van der Waals surface area contributed by atoms with Crippen LogP contribution in [0.25, 0.3) is 0 Å². The number of hydrogen-bond donors (Lipinski definition) is 1. The third-order valence-electron chi connectivity index (χ3n) is 3.97. The smallest absolute Gasteiger partial charge is 0.0951 e. The van der Waals surface area contributed by atoms with E-state index in [1.54, 1.807) is 0 Å². The van der Waals surface area contributed by atoms with Crippen molar-refractivity contribution in [3.8, 4) is 0 Å². The van der Waals surface area contributed by atoms with Crippen LogP contribution in [0.2, 0.25) is 0 Å². The Hall–Kier alpha value is -0.830. The third-order valence-corrected chi connectivity index (χ3v) is 3.97. The van der Waals surface area contributed by atoms with Gasteiger partial charge in [0.25, 0.3) is 0 Å². The summed E-state index contributed by atoms with van der Waals surface area (Å²) in [6.45, 7) is 4.35. The average molecular weight is 235 g/mol. The predicted molar refractivity (Wildman–Crippen MR) is 70.7 cm³/mol. The van der Waals surface area contributed by atoms with Crippen LogP contribution in [0.3, 0.4) is 0 Å². The van der Waals surface area contributed by atoms with E-state index in [0.717, 1.165) is 0 Å². The Bertz CT molecular complexity index is 335. The number of nitrogens with two attached hydrogens (primary N) is 1. The molecule has 1 atom stereocenters. The Morgan fingerprint density at radius 2 is 1.88 bits per heavy atom. The van der Waals surface area contributed by atoms with Crippen molar-refractivity contribution < 1.29 is 0 Å². The largest absolute Gasteiger partial charge is 0.330 e. The van der Waals surface area contributed by atoms with Gasteiger partial charge >= 0.3 is 0 Å². The molecular weight excluding hydrogens is 210 g/mol. The Labute approximate surface area is 104 Å². The van der Waals surface area contributed by atoms with Crippen molar-refractivity contribution in [2.24, 2.45) is 11.7 Å². The maximum absolute atomic E-state index is 6.27. The highest BCUT2D eigenvalue weighted by molar-refractivity contribution is 5.07. The van der Waals surface area contributed by atoms with Gasteiger partial charge in [0.15, 0.2) is 0 Å². The molecular formula is C14H25N3. The summed E-state index contributed by atoms with van der Waals surface area (Å²) >= 11 is 0. The Morgan fingerprint density at radius 3 is 2.47 bits per heavy atom. The van der Waals surface area contributed by atoms with Crippen molar-refractivity contribution >= 4 is 0 Å². The van der Waals surface area contributed by atoms with Gasteiger partial charge in [-0.3, -0.25) is 0 Å². The molecule has 0 amide bonds. The van der Waals surface area contributed by atoms with E-state index in [4.69, 9.17) is 5.73 Å². The van der Waals surface area contributed by atoms with Gasteiger partial charge in [-0.05, 0) is 18.8 Å². The van der Waals surface area contributed by atoms with Gasteiger partial charge in [0.05, 0.1) is 12.0 Å². The summed E-state index contributed by atoms with van der Waals surface area (Å²) < 4.78 is 2.34. The van der Waals surface area contributed by atoms with Crippen LogP contribution >= 0.6 is 0 Å². The van der Waals surface area contributed by atoms with E-state index >= 15 is 0 Å². The molecule has 2 rings (SSSR count). The number of nitrogens with zero attached hydrogens (tertiary/aromatic N) is 2. The lowest BCUT2D eigenvalue weighted by Gasteiger charge is -2.23. The van der Waals surface area contributed by atoms with E-state index in [9.17, 15) is 0 Å². The first-order chi connectivity index (χ1) is 8.20. The van der Waals surface area contributed by atoms with Crippen molar-refractivity contribution in [1.82, 2.24) is 9.55 Å². The molecule has 3 heteroatoms. The van der Waals surface area contributed by atoms with E-state index in [1.165, 1.54) is 44.2 Å². The van der Waals surface area contributed by atoms with Crippen molar-refractivity contribution in [2.45, 2.75) is 64.5 Å². The first-order valence-corrected chi connectivity index (χ1v) is 6.97. The van der Waals surface area contributed by atoms with Crippen LogP contribution in [0.1, 0.15) is 70.2 Å². The van der Waals surface area contributed by atoms with Gasteiger partial charge in [0, 0.05) is 18.3 Å². The summed E-state index contributed by atoms with van der Waals surface area (Å²) in [5, 5.41) is 0. The minimum absolute atomic E-state index is 0.112. The summed E-state index contributed by atoms with van der Waals surface area (Å²) in [6, 6.07) is 0.737. The number of aromatic nitrogens is 2. The molecule has 0 aromatic carbocycles. The number of hydrogen-bond acceptors (Lipinski definition) is 2. The minimum Gasteiger partial charge on any atom is -0.330 e. The maximum Gasteiger partial charge on any atom is 0.0951 e. The van der Waals surface area contributed by atoms with E-state index in [0.29, 0.717) is 12.0 Å². The van der Waals surface area contributed by atoms with Crippen molar-refractivity contribution in [3.05, 3.63) is 18.2 Å². The lowest BCUT2D eigenvalue weighted by atomic mass is 10.0. The van der Waals surface area contributed by atoms with Crippen LogP contribution in [0.5, 0.6) is 0 Å². The third kappa shape index (κ3) is 2.89. The summed E-state index contributed by atoms with van der Waals surface area (Å²) in [4.78, 5) is 4.31.